The molecule has 2 aromatic heterocycles. The van der Waals surface area contributed by atoms with Crippen LogP contribution in [0.2, 0.25) is 0 Å². The number of hydrogen-bond donors (Lipinski definition) is 0. The molecule has 2 bridgehead atoms. The van der Waals surface area contributed by atoms with E-state index in [9.17, 15) is 13.6 Å². The molecule has 2 saturated heterocycles. The molecule has 10 heteroatoms. The van der Waals surface area contributed by atoms with E-state index in [1.54, 1.807) is 17.6 Å². The first kappa shape index (κ1) is 20.1. The van der Waals surface area contributed by atoms with Crippen LogP contribution in [0.1, 0.15) is 37.1 Å². The Morgan fingerprint density at radius 2 is 1.82 bits per heavy atom. The topological polar surface area (TPSA) is 82.4 Å². The van der Waals surface area contributed by atoms with Gasteiger partial charge in [-0.25, -0.2) is 23.5 Å². The van der Waals surface area contributed by atoms with Crippen molar-refractivity contribution in [3.05, 3.63) is 64.1 Å². The summed E-state index contributed by atoms with van der Waals surface area (Å²) >= 11 is 0. The highest BCUT2D eigenvalue weighted by Gasteiger charge is 2.56. The molecule has 1 aromatic carbocycles. The minimum atomic E-state index is -0.883. The molecule has 0 radical (unpaired) electrons. The monoisotopic (exact) mass is 453 g/mol. The lowest BCUT2D eigenvalue weighted by molar-refractivity contribution is 0.289. The molecule has 170 valence electrons. The van der Waals surface area contributed by atoms with Crippen LogP contribution >= 0.6 is 0 Å². The Kier molecular flexibility index (Phi) is 4.40. The first-order valence-electron chi connectivity index (χ1n) is 10.9. The van der Waals surface area contributed by atoms with E-state index in [1.165, 1.54) is 12.4 Å². The largest absolute Gasteiger partial charge is 0.473 e. The van der Waals surface area contributed by atoms with Crippen LogP contribution in [0.25, 0.3) is 0 Å². The molecule has 33 heavy (non-hydrogen) atoms. The summed E-state index contributed by atoms with van der Waals surface area (Å²) in [6, 6.07) is 4.46. The van der Waals surface area contributed by atoms with Crippen molar-refractivity contribution < 1.29 is 18.3 Å². The molecule has 2 fully saturated rings. The summed E-state index contributed by atoms with van der Waals surface area (Å²) < 4.78 is 41.7. The predicted molar refractivity (Wildman–Crippen MR) is 113 cm³/mol. The standard InChI is InChI=1S/C23H21F2N5O3/c1-13-26-9-16(10-27-13)33-21-17(24)6-14(7-18(21)25)11-32-19-8-20-29(22(31)28-19)12-23-4-2-15(3-5-23)30(20)23/h6-10,15H,2-5,11-12H2,1H3. The summed E-state index contributed by atoms with van der Waals surface area (Å²) in [6.07, 6.45) is 7.11. The fourth-order valence-electron chi connectivity index (χ4n) is 5.38. The molecule has 0 amide bonds. The third-order valence-corrected chi connectivity index (χ3v) is 6.85. The fraction of sp³-hybridized carbons (Fsp3) is 0.391. The van der Waals surface area contributed by atoms with Crippen molar-refractivity contribution in [1.82, 2.24) is 19.5 Å². The number of ether oxygens (including phenoxy) is 2. The zero-order valence-corrected chi connectivity index (χ0v) is 17.9. The predicted octanol–water partition coefficient (Wildman–Crippen LogP) is 3.51. The lowest BCUT2D eigenvalue weighted by atomic mass is 9.88. The van der Waals surface area contributed by atoms with Crippen LogP contribution in [0.4, 0.5) is 14.6 Å². The van der Waals surface area contributed by atoms with Gasteiger partial charge in [-0.1, -0.05) is 0 Å². The van der Waals surface area contributed by atoms with Crippen LogP contribution in [-0.4, -0.2) is 31.1 Å². The molecule has 0 atom stereocenters. The van der Waals surface area contributed by atoms with Crippen LogP contribution in [0.15, 0.2) is 35.4 Å². The smallest absolute Gasteiger partial charge is 0.352 e. The Bertz CT molecular complexity index is 1280. The number of aryl methyl sites for hydroxylation is 1. The van der Waals surface area contributed by atoms with Crippen molar-refractivity contribution in [2.24, 2.45) is 0 Å². The second-order valence-electron chi connectivity index (χ2n) is 8.89. The highest BCUT2D eigenvalue weighted by molar-refractivity contribution is 5.54. The molecule has 5 heterocycles. The van der Waals surface area contributed by atoms with Crippen LogP contribution < -0.4 is 20.1 Å². The molecule has 0 unspecified atom stereocenters. The maximum Gasteiger partial charge on any atom is 0.352 e. The summed E-state index contributed by atoms with van der Waals surface area (Å²) in [5, 5.41) is 0. The molecule has 3 aliphatic rings. The molecule has 6 rings (SSSR count). The second kappa shape index (κ2) is 7.23. The average Bonchev–Trinajstić information content (AvgIpc) is 3.42. The van der Waals surface area contributed by atoms with Gasteiger partial charge in [0.25, 0.3) is 0 Å². The number of benzene rings is 1. The van der Waals surface area contributed by atoms with Gasteiger partial charge < -0.3 is 14.4 Å². The first-order valence-corrected chi connectivity index (χ1v) is 10.9. The van der Waals surface area contributed by atoms with E-state index >= 15 is 0 Å². The van der Waals surface area contributed by atoms with E-state index in [2.05, 4.69) is 19.9 Å². The molecule has 0 aliphatic carbocycles. The molecule has 3 aromatic rings. The summed E-state index contributed by atoms with van der Waals surface area (Å²) in [4.78, 5) is 26.9. The van der Waals surface area contributed by atoms with Crippen LogP contribution in [-0.2, 0) is 13.2 Å². The van der Waals surface area contributed by atoms with Gasteiger partial charge in [0.05, 0.1) is 24.5 Å². The Balaban J connectivity index is 1.21. The summed E-state index contributed by atoms with van der Waals surface area (Å²) in [6.45, 7) is 2.21. The third kappa shape index (κ3) is 3.23. The maximum atomic E-state index is 14.5. The number of fused-ring (bicyclic) bond motifs is 1. The molecule has 3 aliphatic heterocycles. The van der Waals surface area contributed by atoms with Crippen molar-refractivity contribution in [2.75, 3.05) is 4.90 Å². The minimum absolute atomic E-state index is 0.0295. The molecule has 8 nitrogen and oxygen atoms in total. The molecule has 0 N–H and O–H groups in total. The van der Waals surface area contributed by atoms with Gasteiger partial charge in [-0.05, 0) is 50.3 Å². The Labute approximate surface area is 187 Å². The van der Waals surface area contributed by atoms with Gasteiger partial charge >= 0.3 is 5.69 Å². The quantitative estimate of drug-likeness (QED) is 0.585. The number of aromatic nitrogens is 4. The second-order valence-corrected chi connectivity index (χ2v) is 8.89. The number of rotatable bonds is 5. The Morgan fingerprint density at radius 3 is 2.52 bits per heavy atom. The highest BCUT2D eigenvalue weighted by atomic mass is 19.1. The van der Waals surface area contributed by atoms with E-state index in [4.69, 9.17) is 9.47 Å². The summed E-state index contributed by atoms with van der Waals surface area (Å²) in [5.41, 5.74) is -0.0854. The van der Waals surface area contributed by atoms with Crippen LogP contribution in [0.5, 0.6) is 17.4 Å². The Hall–Kier alpha value is -3.56. The lowest BCUT2D eigenvalue weighted by Gasteiger charge is -2.27. The van der Waals surface area contributed by atoms with E-state index in [1.807, 2.05) is 0 Å². The highest BCUT2D eigenvalue weighted by Crippen LogP contribution is 2.53. The van der Waals surface area contributed by atoms with Gasteiger partial charge in [-0.15, -0.1) is 0 Å². The zero-order chi connectivity index (χ0) is 22.7. The SMILES string of the molecule is Cc1ncc(Oc2c(F)cc(COc3cc4n(c(=O)n3)CC35CCC(CC3)N45)cc2F)cn1. The number of anilines is 1. The van der Waals surface area contributed by atoms with Gasteiger partial charge in [-0.2, -0.15) is 4.98 Å². The number of halogens is 2. The van der Waals surface area contributed by atoms with Gasteiger partial charge in [0.2, 0.25) is 5.88 Å². The third-order valence-electron chi connectivity index (χ3n) is 6.85. The van der Waals surface area contributed by atoms with Gasteiger partial charge in [0.1, 0.15) is 18.2 Å². The maximum absolute atomic E-state index is 14.5. The number of hydrogen-bond acceptors (Lipinski definition) is 7. The normalized spacial score (nSPS) is 22.4. The molecule has 0 saturated carbocycles. The average molecular weight is 453 g/mol. The summed E-state index contributed by atoms with van der Waals surface area (Å²) in [7, 11) is 0. The first-order chi connectivity index (χ1) is 15.9. The van der Waals surface area contributed by atoms with Crippen molar-refractivity contribution in [1.29, 1.82) is 0 Å². The molecule has 0 spiro atoms. The van der Waals surface area contributed by atoms with Gasteiger partial charge in [-0.3, -0.25) is 4.57 Å². The van der Waals surface area contributed by atoms with Crippen molar-refractivity contribution in [3.63, 3.8) is 0 Å². The minimum Gasteiger partial charge on any atom is -0.473 e. The van der Waals surface area contributed by atoms with Gasteiger partial charge in [0, 0.05) is 12.1 Å². The molecular weight excluding hydrogens is 432 g/mol. The van der Waals surface area contributed by atoms with Crippen molar-refractivity contribution >= 4 is 5.82 Å². The summed E-state index contributed by atoms with van der Waals surface area (Å²) in [5.74, 6) is -0.700. The van der Waals surface area contributed by atoms with E-state index < -0.39 is 17.4 Å². The van der Waals surface area contributed by atoms with Crippen molar-refractivity contribution in [2.45, 2.75) is 57.3 Å². The lowest BCUT2D eigenvalue weighted by Crippen LogP contribution is -2.38. The molecular formula is C23H21F2N5O3. The number of nitrogens with zero attached hydrogens (tertiary/aromatic N) is 5. The fourth-order valence-corrected chi connectivity index (χ4v) is 5.38. The van der Waals surface area contributed by atoms with E-state index in [0.29, 0.717) is 18.4 Å². The van der Waals surface area contributed by atoms with E-state index in [-0.39, 0.29) is 35.0 Å². The van der Waals surface area contributed by atoms with Gasteiger partial charge in [0.15, 0.2) is 23.1 Å². The zero-order valence-electron chi connectivity index (χ0n) is 17.9. The van der Waals surface area contributed by atoms with Crippen molar-refractivity contribution in [3.8, 4) is 17.4 Å². The van der Waals surface area contributed by atoms with Crippen LogP contribution in [0, 0.1) is 18.6 Å². The van der Waals surface area contributed by atoms with Crippen LogP contribution in [0.3, 0.4) is 0 Å². The van der Waals surface area contributed by atoms with E-state index in [0.717, 1.165) is 43.6 Å². The Morgan fingerprint density at radius 1 is 1.12 bits per heavy atom.